The van der Waals surface area contributed by atoms with Crippen molar-refractivity contribution in [1.82, 2.24) is 20.5 Å². The molecular weight excluding hydrogens is 300 g/mol. The third-order valence-corrected chi connectivity index (χ3v) is 3.21. The van der Waals surface area contributed by atoms with Crippen LogP contribution in [0.2, 0.25) is 0 Å². The highest BCUT2D eigenvalue weighted by atomic mass is 16.5. The number of aromatic amines is 1. The number of nitrogens with zero attached hydrogens (tertiary/aromatic N) is 2. The molecule has 122 valence electrons. The van der Waals surface area contributed by atoms with Gasteiger partial charge in [0.05, 0.1) is 20.3 Å². The highest BCUT2D eigenvalue weighted by molar-refractivity contribution is 5.73. The van der Waals surface area contributed by atoms with E-state index in [2.05, 4.69) is 20.5 Å². The number of nitrogens with one attached hydrogen (secondary N) is 2. The molecule has 0 aliphatic carbocycles. The number of methoxy groups -OCH3 is 2. The molecule has 2 aromatic rings. The van der Waals surface area contributed by atoms with Gasteiger partial charge in [-0.25, -0.2) is 0 Å². The lowest BCUT2D eigenvalue weighted by molar-refractivity contribution is -0.119. The molecule has 8 heteroatoms. The Kier molecular flexibility index (Phi) is 4.95. The molecule has 0 bridgehead atoms. The van der Waals surface area contributed by atoms with Gasteiger partial charge in [-0.3, -0.25) is 9.59 Å². The van der Waals surface area contributed by atoms with E-state index in [1.165, 1.54) is 21.1 Å². The van der Waals surface area contributed by atoms with Crippen LogP contribution < -0.4 is 20.3 Å². The van der Waals surface area contributed by atoms with Gasteiger partial charge in [-0.1, -0.05) is 0 Å². The van der Waals surface area contributed by atoms with Crippen molar-refractivity contribution in [2.24, 2.45) is 0 Å². The number of ether oxygens (including phenoxy) is 2. The first-order chi connectivity index (χ1) is 11.0. The van der Waals surface area contributed by atoms with Crippen LogP contribution in [0.5, 0.6) is 11.5 Å². The quantitative estimate of drug-likeness (QED) is 0.853. The Balaban J connectivity index is 2.37. The minimum atomic E-state index is -0.525. The summed E-state index contributed by atoms with van der Waals surface area (Å²) in [5.41, 5.74) is 0.362. The molecule has 1 unspecified atom stereocenters. The molecule has 2 rings (SSSR count). The largest absolute Gasteiger partial charge is 0.493 e. The average Bonchev–Trinajstić information content (AvgIpc) is 2.53. The zero-order valence-corrected chi connectivity index (χ0v) is 13.3. The van der Waals surface area contributed by atoms with Gasteiger partial charge in [0.25, 0.3) is 5.56 Å². The van der Waals surface area contributed by atoms with E-state index in [9.17, 15) is 9.59 Å². The minimum Gasteiger partial charge on any atom is -0.493 e. The molecule has 0 spiro atoms. The number of carbonyl (C=O) groups excluding carboxylic acids is 1. The second-order valence-corrected chi connectivity index (χ2v) is 4.88. The lowest BCUT2D eigenvalue weighted by Crippen LogP contribution is -2.30. The first-order valence-electron chi connectivity index (χ1n) is 6.92. The van der Waals surface area contributed by atoms with Gasteiger partial charge >= 0.3 is 0 Å². The van der Waals surface area contributed by atoms with E-state index in [0.717, 1.165) is 0 Å². The molecule has 2 N–H and O–H groups in total. The summed E-state index contributed by atoms with van der Waals surface area (Å²) in [7, 11) is 3.06. The molecule has 1 aromatic carbocycles. The van der Waals surface area contributed by atoms with Crippen LogP contribution in [-0.2, 0) is 4.79 Å². The Bertz CT molecular complexity index is 772. The molecule has 1 amide bonds. The Morgan fingerprint density at radius 2 is 1.91 bits per heavy atom. The van der Waals surface area contributed by atoms with Gasteiger partial charge in [-0.2, -0.15) is 0 Å². The third-order valence-electron chi connectivity index (χ3n) is 3.21. The first-order valence-corrected chi connectivity index (χ1v) is 6.92. The molecule has 0 radical (unpaired) electrons. The fourth-order valence-corrected chi connectivity index (χ4v) is 2.12. The van der Waals surface area contributed by atoms with Gasteiger partial charge in [0.15, 0.2) is 23.0 Å². The van der Waals surface area contributed by atoms with E-state index >= 15 is 0 Å². The highest BCUT2D eigenvalue weighted by Gasteiger charge is 2.15. The van der Waals surface area contributed by atoms with Crippen molar-refractivity contribution in [2.45, 2.75) is 19.9 Å². The summed E-state index contributed by atoms with van der Waals surface area (Å²) in [6.07, 6.45) is 0. The zero-order valence-electron chi connectivity index (χ0n) is 13.3. The lowest BCUT2D eigenvalue weighted by Gasteiger charge is -2.11. The van der Waals surface area contributed by atoms with Crippen LogP contribution in [0.15, 0.2) is 23.0 Å². The number of carbonyl (C=O) groups is 1. The summed E-state index contributed by atoms with van der Waals surface area (Å²) in [4.78, 5) is 25.9. The van der Waals surface area contributed by atoms with Crippen molar-refractivity contribution in [3.05, 3.63) is 34.2 Å². The van der Waals surface area contributed by atoms with Crippen molar-refractivity contribution >= 4 is 5.91 Å². The standard InChI is InChI=1S/C15H18N4O4/c1-8(16-9(2)20)13-15(21)17-14(19-18-13)10-5-6-11(22-3)12(7-10)23-4/h5-8H,1-4H3,(H,16,20)(H,17,19,21). The molecule has 0 saturated heterocycles. The second-order valence-electron chi connectivity index (χ2n) is 4.88. The van der Waals surface area contributed by atoms with E-state index < -0.39 is 11.6 Å². The number of H-pyrrole nitrogens is 1. The maximum Gasteiger partial charge on any atom is 0.275 e. The molecule has 1 aromatic heterocycles. The second kappa shape index (κ2) is 6.91. The van der Waals surface area contributed by atoms with E-state index in [1.54, 1.807) is 25.1 Å². The van der Waals surface area contributed by atoms with Crippen LogP contribution in [0.25, 0.3) is 11.4 Å². The van der Waals surface area contributed by atoms with Crippen molar-refractivity contribution in [2.75, 3.05) is 14.2 Å². The van der Waals surface area contributed by atoms with Gasteiger partial charge in [-0.15, -0.1) is 10.2 Å². The molecular formula is C15H18N4O4. The van der Waals surface area contributed by atoms with Crippen molar-refractivity contribution in [3.8, 4) is 22.9 Å². The molecule has 0 saturated carbocycles. The highest BCUT2D eigenvalue weighted by Crippen LogP contribution is 2.30. The molecule has 0 fully saturated rings. The summed E-state index contributed by atoms with van der Waals surface area (Å²) < 4.78 is 10.4. The molecule has 23 heavy (non-hydrogen) atoms. The third kappa shape index (κ3) is 3.65. The Morgan fingerprint density at radius 3 is 2.48 bits per heavy atom. The predicted octanol–water partition coefficient (Wildman–Crippen LogP) is 1.05. The summed E-state index contributed by atoms with van der Waals surface area (Å²) in [6, 6.07) is 4.61. The Morgan fingerprint density at radius 1 is 1.22 bits per heavy atom. The average molecular weight is 318 g/mol. The van der Waals surface area contributed by atoms with Gasteiger partial charge in [0.1, 0.15) is 0 Å². The summed E-state index contributed by atoms with van der Waals surface area (Å²) in [6.45, 7) is 3.03. The maximum absolute atomic E-state index is 12.1. The fourth-order valence-electron chi connectivity index (χ4n) is 2.12. The molecule has 8 nitrogen and oxygen atoms in total. The monoisotopic (exact) mass is 318 g/mol. The number of hydrogen-bond donors (Lipinski definition) is 2. The van der Waals surface area contributed by atoms with Crippen LogP contribution in [0.1, 0.15) is 25.6 Å². The van der Waals surface area contributed by atoms with E-state index in [1.807, 2.05) is 0 Å². The van der Waals surface area contributed by atoms with Crippen LogP contribution in [0.4, 0.5) is 0 Å². The molecule has 1 heterocycles. The van der Waals surface area contributed by atoms with Gasteiger partial charge in [0, 0.05) is 12.5 Å². The number of benzene rings is 1. The predicted molar refractivity (Wildman–Crippen MR) is 83.4 cm³/mol. The summed E-state index contributed by atoms with van der Waals surface area (Å²) >= 11 is 0. The lowest BCUT2D eigenvalue weighted by atomic mass is 10.2. The van der Waals surface area contributed by atoms with Crippen molar-refractivity contribution in [3.63, 3.8) is 0 Å². The Labute approximate surface area is 132 Å². The van der Waals surface area contributed by atoms with Crippen LogP contribution in [-0.4, -0.2) is 35.3 Å². The number of aromatic nitrogens is 3. The minimum absolute atomic E-state index is 0.143. The number of rotatable bonds is 5. The van der Waals surface area contributed by atoms with Gasteiger partial charge in [0.2, 0.25) is 5.91 Å². The summed E-state index contributed by atoms with van der Waals surface area (Å²) in [5, 5.41) is 10.5. The molecule has 0 aliphatic rings. The van der Waals surface area contributed by atoms with E-state index in [-0.39, 0.29) is 11.6 Å². The zero-order chi connectivity index (χ0) is 17.0. The number of amides is 1. The van der Waals surface area contributed by atoms with Crippen LogP contribution in [0.3, 0.4) is 0 Å². The van der Waals surface area contributed by atoms with Crippen molar-refractivity contribution < 1.29 is 14.3 Å². The Hall–Kier alpha value is -2.90. The SMILES string of the molecule is COc1ccc(-c2nnc(C(C)NC(C)=O)c(=O)[nH]2)cc1OC. The molecule has 0 aliphatic heterocycles. The normalized spacial score (nSPS) is 11.7. The van der Waals surface area contributed by atoms with Crippen LogP contribution >= 0.6 is 0 Å². The maximum atomic E-state index is 12.1. The topological polar surface area (TPSA) is 106 Å². The van der Waals surface area contributed by atoms with Crippen molar-refractivity contribution in [1.29, 1.82) is 0 Å². The first kappa shape index (κ1) is 16.5. The van der Waals surface area contributed by atoms with Crippen LogP contribution in [0, 0.1) is 0 Å². The molecule has 1 atom stereocenters. The van der Waals surface area contributed by atoms with E-state index in [4.69, 9.17) is 9.47 Å². The smallest absolute Gasteiger partial charge is 0.275 e. The van der Waals surface area contributed by atoms with Gasteiger partial charge in [-0.05, 0) is 25.1 Å². The number of hydrogen-bond acceptors (Lipinski definition) is 6. The van der Waals surface area contributed by atoms with E-state index in [0.29, 0.717) is 22.9 Å². The fraction of sp³-hybridized carbons (Fsp3) is 0.333. The van der Waals surface area contributed by atoms with Gasteiger partial charge < -0.3 is 19.8 Å². The summed E-state index contributed by atoms with van der Waals surface area (Å²) in [5.74, 6) is 1.14.